The number of aliphatic carboxylic acids is 1. The Morgan fingerprint density at radius 2 is 1.20 bits per heavy atom. The molecule has 9 heteroatoms. The molecule has 0 atom stereocenters. The van der Waals surface area contributed by atoms with Gasteiger partial charge in [-0.15, -0.1) is 0 Å². The van der Waals surface area contributed by atoms with Crippen LogP contribution in [0.2, 0.25) is 0 Å². The number of carboxylic acids is 1. The van der Waals surface area contributed by atoms with Crippen molar-refractivity contribution in [3.63, 3.8) is 0 Å². The molecule has 0 aliphatic carbocycles. The van der Waals surface area contributed by atoms with Crippen molar-refractivity contribution in [2.45, 2.75) is 123 Å². The van der Waals surface area contributed by atoms with Crippen LogP contribution in [0, 0.1) is 5.82 Å². The Morgan fingerprint density at radius 1 is 0.829 bits per heavy atom. The molecule has 0 bridgehead atoms. The molecule has 1 heterocycles. The largest absolute Gasteiger partial charge is 0.856 e. The minimum atomic E-state index is -1.57. The number of quaternary nitrogens is 2. The number of unbranched alkanes of at least 4 members (excludes halogenated alkanes) is 14. The molecule has 8 nitrogen and oxygen atoms in total. The first-order chi connectivity index (χ1) is 16.8. The summed E-state index contributed by atoms with van der Waals surface area (Å²) in [7, 11) is 0. The summed E-state index contributed by atoms with van der Waals surface area (Å²) in [6.07, 6.45) is 23.0. The molecule has 35 heavy (non-hydrogen) atoms. The highest BCUT2D eigenvalue weighted by Gasteiger charge is 2.01. The third-order valence-electron chi connectivity index (χ3n) is 5.42. The summed E-state index contributed by atoms with van der Waals surface area (Å²) in [4.78, 5) is 23.5. The van der Waals surface area contributed by atoms with Crippen LogP contribution < -0.4 is 27.4 Å². The predicted molar refractivity (Wildman–Crippen MR) is 134 cm³/mol. The van der Waals surface area contributed by atoms with Crippen LogP contribution in [0.1, 0.15) is 117 Å². The Kier molecular flexibility index (Phi) is 26.7. The molecule has 0 saturated carbocycles. The van der Waals surface area contributed by atoms with Crippen LogP contribution >= 0.6 is 0 Å². The molecule has 0 fully saturated rings. The van der Waals surface area contributed by atoms with Crippen LogP contribution in [0.25, 0.3) is 0 Å². The summed E-state index contributed by atoms with van der Waals surface area (Å²) >= 11 is 0. The molecule has 0 saturated heterocycles. The number of halogens is 1. The Balaban J connectivity index is 0. The number of hydrogen-bond acceptors (Lipinski definition) is 5. The van der Waals surface area contributed by atoms with Gasteiger partial charge in [-0.1, -0.05) is 90.9 Å². The molecule has 1 aromatic heterocycles. The van der Waals surface area contributed by atoms with Crippen LogP contribution in [-0.2, 0) is 11.3 Å². The van der Waals surface area contributed by atoms with Gasteiger partial charge in [0.15, 0.2) is 5.82 Å². The van der Waals surface area contributed by atoms with Crippen molar-refractivity contribution in [1.82, 2.24) is 9.55 Å². The lowest BCUT2D eigenvalue weighted by atomic mass is 10.1. The Labute approximate surface area is 211 Å². The van der Waals surface area contributed by atoms with E-state index in [4.69, 9.17) is 0 Å². The van der Waals surface area contributed by atoms with E-state index in [9.17, 15) is 24.2 Å². The topological polar surface area (TPSA) is 153 Å². The van der Waals surface area contributed by atoms with Crippen LogP contribution in [0.4, 0.5) is 4.39 Å². The maximum atomic E-state index is 12.5. The molecule has 0 radical (unpaired) electrons. The highest BCUT2D eigenvalue weighted by Crippen LogP contribution is 2.08. The van der Waals surface area contributed by atoms with Gasteiger partial charge in [-0.25, -0.2) is 14.2 Å². The van der Waals surface area contributed by atoms with Crippen molar-refractivity contribution in [3.8, 4) is 5.88 Å². The van der Waals surface area contributed by atoms with E-state index in [1.165, 1.54) is 103 Å². The number of rotatable bonds is 18. The molecule has 6 N–H and O–H groups in total. The van der Waals surface area contributed by atoms with E-state index in [1.807, 2.05) is 0 Å². The highest BCUT2D eigenvalue weighted by atomic mass is 19.1. The van der Waals surface area contributed by atoms with Gasteiger partial charge in [0.2, 0.25) is 0 Å². The van der Waals surface area contributed by atoms with Gasteiger partial charge in [0, 0.05) is 12.1 Å². The molecule has 0 unspecified atom stereocenters. The normalized spacial score (nSPS) is 10.2. The van der Waals surface area contributed by atoms with Gasteiger partial charge >= 0.3 is 5.69 Å². The molecule has 0 amide bonds. The second-order valence-electron chi connectivity index (χ2n) is 8.83. The summed E-state index contributed by atoms with van der Waals surface area (Å²) in [6, 6.07) is 0. The van der Waals surface area contributed by atoms with Crippen molar-refractivity contribution in [2.24, 2.45) is 0 Å². The van der Waals surface area contributed by atoms with Gasteiger partial charge in [-0.2, -0.15) is 0 Å². The second-order valence-corrected chi connectivity index (χ2v) is 8.83. The van der Waals surface area contributed by atoms with Crippen LogP contribution in [0.15, 0.2) is 11.0 Å². The minimum absolute atomic E-state index is 0.437. The van der Waals surface area contributed by atoms with Crippen molar-refractivity contribution >= 4 is 5.97 Å². The van der Waals surface area contributed by atoms with E-state index in [1.54, 1.807) is 0 Å². The summed E-state index contributed by atoms with van der Waals surface area (Å²) in [5.74, 6) is -4.15. The summed E-state index contributed by atoms with van der Waals surface area (Å²) in [5, 5.41) is 20.4. The Morgan fingerprint density at radius 3 is 1.54 bits per heavy atom. The zero-order valence-corrected chi connectivity index (χ0v) is 22.3. The molecule has 0 aliphatic heterocycles. The molecular formula is C26H51FN4O4. The van der Waals surface area contributed by atoms with Gasteiger partial charge < -0.3 is 26.5 Å². The smallest absolute Gasteiger partial charge is 0.347 e. The van der Waals surface area contributed by atoms with Gasteiger partial charge in [0.05, 0.1) is 25.6 Å². The number of carbonyl (C=O) groups is 1. The third-order valence-corrected chi connectivity index (χ3v) is 5.42. The monoisotopic (exact) mass is 502 g/mol. The molecule has 206 valence electrons. The molecule has 0 aliphatic rings. The lowest BCUT2D eigenvalue weighted by Crippen LogP contribution is -2.50. The van der Waals surface area contributed by atoms with Gasteiger partial charge in [-0.05, 0) is 25.7 Å². The zero-order valence-electron chi connectivity index (χ0n) is 22.3. The SMILES string of the molecule is CCCCCCCCCC[NH3+].CCCCCCCCCC[NH3+].O=C([O-])Cn1cc(F)c([O-])nc1=O. The number of carbonyl (C=O) groups excluding carboxylic acids is 1. The van der Waals surface area contributed by atoms with E-state index >= 15 is 0 Å². The lowest BCUT2D eigenvalue weighted by molar-refractivity contribution is -0.368. The number of carboxylic acid groups (broad SMARTS) is 1. The fourth-order valence-corrected chi connectivity index (χ4v) is 3.33. The van der Waals surface area contributed by atoms with E-state index in [-0.39, 0.29) is 0 Å². The van der Waals surface area contributed by atoms with Crippen LogP contribution in [0.5, 0.6) is 5.88 Å². The van der Waals surface area contributed by atoms with Crippen LogP contribution in [-0.4, -0.2) is 28.6 Å². The zero-order chi connectivity index (χ0) is 26.7. The average molecular weight is 503 g/mol. The van der Waals surface area contributed by atoms with E-state index in [0.29, 0.717) is 10.8 Å². The Bertz CT molecular complexity index is 637. The van der Waals surface area contributed by atoms with Crippen molar-refractivity contribution in [1.29, 1.82) is 0 Å². The van der Waals surface area contributed by atoms with E-state index in [0.717, 1.165) is 13.1 Å². The standard InChI is InChI=1S/2C10H23N.C6H5FN2O4/c2*1-2-3-4-5-6-7-8-9-10-11;7-3-1-9(2-4(10)11)6(13)8-5(3)12/h2*2-11H2,1H3;1H,2H2,(H,10,11)(H,8,12,13). The summed E-state index contributed by atoms with van der Waals surface area (Å²) < 4.78 is 12.9. The summed E-state index contributed by atoms with van der Waals surface area (Å²) in [5.41, 5.74) is 6.55. The predicted octanol–water partition coefficient (Wildman–Crippen LogP) is 1.94. The second kappa shape index (κ2) is 26.6. The average Bonchev–Trinajstić information content (AvgIpc) is 2.82. The van der Waals surface area contributed by atoms with E-state index in [2.05, 4.69) is 30.3 Å². The van der Waals surface area contributed by atoms with Gasteiger partial charge in [0.25, 0.3) is 0 Å². The van der Waals surface area contributed by atoms with Crippen molar-refractivity contribution in [2.75, 3.05) is 13.1 Å². The quantitative estimate of drug-likeness (QED) is 0.294. The first-order valence-electron chi connectivity index (χ1n) is 13.6. The number of hydrogen-bond donors (Lipinski definition) is 2. The van der Waals surface area contributed by atoms with E-state index < -0.39 is 29.9 Å². The molecular weight excluding hydrogens is 451 g/mol. The first-order valence-corrected chi connectivity index (χ1v) is 13.6. The van der Waals surface area contributed by atoms with Gasteiger partial charge in [0.1, 0.15) is 0 Å². The maximum absolute atomic E-state index is 12.5. The fourth-order valence-electron chi connectivity index (χ4n) is 3.33. The molecule has 0 aromatic carbocycles. The van der Waals surface area contributed by atoms with Crippen LogP contribution in [0.3, 0.4) is 0 Å². The van der Waals surface area contributed by atoms with Crippen molar-refractivity contribution in [3.05, 3.63) is 22.5 Å². The highest BCUT2D eigenvalue weighted by molar-refractivity contribution is 5.63. The molecule has 1 rings (SSSR count). The van der Waals surface area contributed by atoms with Crippen molar-refractivity contribution < 1.29 is 30.9 Å². The first kappa shape index (κ1) is 35.2. The third kappa shape index (κ3) is 24.9. The summed E-state index contributed by atoms with van der Waals surface area (Å²) in [6.45, 7) is 5.94. The molecule has 1 aromatic rings. The fraction of sp³-hybridized carbons (Fsp3) is 0.808. The number of nitrogens with zero attached hydrogens (tertiary/aromatic N) is 2. The minimum Gasteiger partial charge on any atom is -0.856 e. The van der Waals surface area contributed by atoms with Gasteiger partial charge in [-0.3, -0.25) is 4.57 Å². The molecule has 0 spiro atoms. The lowest BCUT2D eigenvalue weighted by Gasteiger charge is -2.09. The maximum Gasteiger partial charge on any atom is 0.347 e. The number of aromatic nitrogens is 2. The Hall–Kier alpha value is -2.00.